The predicted octanol–water partition coefficient (Wildman–Crippen LogP) is -7.48. The Balaban J connectivity index is 1.17. The molecule has 51 nitrogen and oxygen atoms in total. The van der Waals surface area contributed by atoms with Gasteiger partial charge in [0.2, 0.25) is 100 Å². The van der Waals surface area contributed by atoms with Crippen LogP contribution >= 0.6 is 37.9 Å². The number of carbonyl (C=O) groups excluding carboxylic acids is 17. The number of benzene rings is 5. The zero-order valence-corrected chi connectivity index (χ0v) is 82.5. The summed E-state index contributed by atoms with van der Waals surface area (Å²) in [4.78, 5) is 279. The molecular formula is C93H127N25O26S3. The number of guanidine groups is 2. The fourth-order valence-electron chi connectivity index (χ4n) is 14.9. The first-order chi connectivity index (χ1) is 69.9. The second kappa shape index (κ2) is 62.2. The molecule has 15 atom stereocenters. The zero-order valence-electron chi connectivity index (χ0n) is 79.8. The van der Waals surface area contributed by atoms with E-state index < -0.39 is 278 Å². The van der Waals surface area contributed by atoms with Crippen LogP contribution in [-0.4, -0.2) is 313 Å². The van der Waals surface area contributed by atoms with Crippen molar-refractivity contribution in [3.8, 4) is 17.2 Å². The third-order valence-electron chi connectivity index (χ3n) is 22.6. The van der Waals surface area contributed by atoms with E-state index in [-0.39, 0.29) is 136 Å². The molecule has 0 aliphatic carbocycles. The number of carboxylic acid groups (broad SMARTS) is 3. The zero-order chi connectivity index (χ0) is 109. The standard InChI is InChI=1S/C93H127N25O26S3/c94-32-8-7-16-58(80(132)112-63(37-50-14-5-2-6-15-50)83(135)117-70(48-147)88(140)108-59(17-9-33-101-92(97)98)90(142)118-35-11-19-71(118)89(141)109-60(91(143)144)18-10-34-102-93(99)100)107-84(136)66(41-72(96)122)115-87(139)69(47-146)106-74(124)45-103-78(130)61(36-49-12-3-1-4-13-49)105-73(123)44-104-79(131)62(38-51-20-26-54(119)27-21-51)111-81(133)64(39-52-22-28-55(120)29-23-52)113-82(134)65(40-53-24-30-56(121)31-25-53)114-86(138)68(43-76(127)128)116-85(137)67(42-75(125)126)110-77(129)57(95)46-145/h1-6,12-15,20-31,57-71,119-121,145-147H,7-11,16-19,32-48,94-95H2,(H2,96,122)(H,103,130)(H,104,131)(H,105,123)(H,106,124)(H,107,136)(H,108,140)(H,109,141)(H,110,129)(H,111,133)(H,112,132)(H,113,134)(H,114,138)(H,115,139)(H,116,137)(H,117,135)(H,125,126)(H,127,128)(H,143,144)(H4,97,98,101)(H4,99,100,102)/t57-,58-,59-,60-,61-,62-,63-,64-,65-,66-,67-,68-,69-,70-,71-/m0/s1. The fourth-order valence-corrected chi connectivity index (χ4v) is 15.6. The van der Waals surface area contributed by atoms with E-state index in [1.807, 2.05) is 0 Å². The van der Waals surface area contributed by atoms with Crippen molar-refractivity contribution in [2.75, 3.05) is 56.5 Å². The van der Waals surface area contributed by atoms with E-state index >= 15 is 0 Å². The lowest BCUT2D eigenvalue weighted by molar-refractivity contribution is -0.145. The van der Waals surface area contributed by atoms with Crippen LogP contribution in [0, 0.1) is 10.8 Å². The summed E-state index contributed by atoms with van der Waals surface area (Å²) in [5.41, 5.74) is 29.7. The fraction of sp³-hybridized carbons (Fsp3) is 0.441. The van der Waals surface area contributed by atoms with E-state index in [1.54, 1.807) is 60.7 Å². The quantitative estimate of drug-likeness (QED) is 0.00744. The van der Waals surface area contributed by atoms with E-state index in [0.717, 1.165) is 0 Å². The third-order valence-corrected chi connectivity index (χ3v) is 23.7. The van der Waals surface area contributed by atoms with Crippen LogP contribution in [0.4, 0.5) is 0 Å². The number of aliphatic carboxylic acids is 3. The average Bonchev–Trinajstić information content (AvgIpc) is 1.70. The smallest absolute Gasteiger partial charge is 0.326 e. The van der Waals surface area contributed by atoms with Crippen molar-refractivity contribution >= 4 is 168 Å². The van der Waals surface area contributed by atoms with E-state index in [0.29, 0.717) is 17.5 Å². The summed E-state index contributed by atoms with van der Waals surface area (Å²) < 4.78 is 0. The molecule has 0 radical (unpaired) electrons. The minimum Gasteiger partial charge on any atom is -0.508 e. The molecule has 17 amide bonds. The highest BCUT2D eigenvalue weighted by Gasteiger charge is 2.42. The number of amides is 17. The second-order valence-electron chi connectivity index (χ2n) is 34.1. The van der Waals surface area contributed by atoms with Crippen molar-refractivity contribution in [2.24, 2.45) is 28.7 Å². The van der Waals surface area contributed by atoms with Crippen LogP contribution in [-0.2, 0) is 128 Å². The van der Waals surface area contributed by atoms with Gasteiger partial charge in [-0.3, -0.25) is 102 Å². The summed E-state index contributed by atoms with van der Waals surface area (Å²) >= 11 is 12.5. The van der Waals surface area contributed by atoms with Crippen molar-refractivity contribution in [3.63, 3.8) is 0 Å². The van der Waals surface area contributed by atoms with Gasteiger partial charge in [-0.05, 0) is 129 Å². The lowest BCUT2D eigenvalue weighted by Gasteiger charge is -2.30. The molecule has 0 unspecified atom stereocenters. The molecule has 0 aromatic heterocycles. The Morgan fingerprint density at radius 2 is 0.660 bits per heavy atom. The van der Waals surface area contributed by atoms with Gasteiger partial charge in [-0.25, -0.2) is 4.79 Å². The summed E-state index contributed by atoms with van der Waals surface area (Å²) in [6, 6.07) is 7.24. The Morgan fingerprint density at radius 3 is 1.03 bits per heavy atom. The number of nitrogens with one attached hydrogen (secondary N) is 19. The van der Waals surface area contributed by atoms with Crippen molar-refractivity contribution < 1.29 is 127 Å². The molecule has 798 valence electrons. The molecule has 147 heavy (non-hydrogen) atoms. The van der Waals surface area contributed by atoms with Gasteiger partial charge in [0.1, 0.15) is 102 Å². The van der Waals surface area contributed by atoms with E-state index in [1.165, 1.54) is 77.7 Å². The number of unbranched alkanes of at least 4 members (excludes halogenated alkanes) is 1. The molecule has 0 saturated carbocycles. The van der Waals surface area contributed by atoms with Gasteiger partial charge in [0.25, 0.3) is 0 Å². The number of nitrogens with zero attached hydrogens (tertiary/aromatic N) is 1. The summed E-state index contributed by atoms with van der Waals surface area (Å²) in [5.74, 6) is -25.6. The molecule has 1 heterocycles. The molecule has 1 aliphatic rings. The van der Waals surface area contributed by atoms with Gasteiger partial charge in [0.15, 0.2) is 11.9 Å². The number of rotatable bonds is 63. The van der Waals surface area contributed by atoms with Crippen LogP contribution in [0.5, 0.6) is 17.2 Å². The maximum Gasteiger partial charge on any atom is 0.326 e. The van der Waals surface area contributed by atoms with Gasteiger partial charge in [-0.2, -0.15) is 37.9 Å². The lowest BCUT2D eigenvalue weighted by atomic mass is 10.0. The monoisotopic (exact) mass is 2110 g/mol. The molecule has 5 aromatic rings. The third kappa shape index (κ3) is 43.1. The number of likely N-dealkylation sites (tertiary alicyclic amines) is 1. The number of nitrogens with two attached hydrogens (primary N) is 5. The minimum atomic E-state index is -2.11. The van der Waals surface area contributed by atoms with Gasteiger partial charge >= 0.3 is 17.9 Å². The van der Waals surface area contributed by atoms with Crippen molar-refractivity contribution in [3.05, 3.63) is 161 Å². The van der Waals surface area contributed by atoms with Crippen LogP contribution in [0.1, 0.15) is 105 Å². The van der Waals surface area contributed by atoms with Crippen LogP contribution in [0.3, 0.4) is 0 Å². The molecule has 54 heteroatoms. The first-order valence-electron chi connectivity index (χ1n) is 46.5. The Kier molecular flexibility index (Phi) is 50.8. The number of carbonyl (C=O) groups is 20. The molecule has 0 spiro atoms. The maximum atomic E-state index is 15.0. The second-order valence-corrected chi connectivity index (χ2v) is 35.2. The first kappa shape index (κ1) is 120. The highest BCUT2D eigenvalue weighted by molar-refractivity contribution is 7.80. The minimum absolute atomic E-state index is 0.0136. The molecule has 35 N–H and O–H groups in total. The number of carboxylic acids is 3. The van der Waals surface area contributed by atoms with E-state index in [9.17, 15) is 127 Å². The number of aromatic hydroxyl groups is 3. The Morgan fingerprint density at radius 1 is 0.347 bits per heavy atom. The highest BCUT2D eigenvalue weighted by atomic mass is 32.1. The largest absolute Gasteiger partial charge is 0.508 e. The number of thiol groups is 3. The molecule has 1 saturated heterocycles. The summed E-state index contributed by atoms with van der Waals surface area (Å²) in [7, 11) is 0. The summed E-state index contributed by atoms with van der Waals surface area (Å²) in [6.07, 6.45) is -4.35. The summed E-state index contributed by atoms with van der Waals surface area (Å²) in [6.45, 7) is -1.58. The van der Waals surface area contributed by atoms with Gasteiger partial charge in [0.05, 0.1) is 38.4 Å². The summed E-state index contributed by atoms with van der Waals surface area (Å²) in [5, 5.41) is 117. The predicted molar refractivity (Wildman–Crippen MR) is 538 cm³/mol. The molecule has 0 bridgehead atoms. The maximum absolute atomic E-state index is 15.0. The van der Waals surface area contributed by atoms with E-state index in [2.05, 4.69) is 128 Å². The lowest BCUT2D eigenvalue weighted by Crippen LogP contribution is -2.61. The number of hydrogen-bond donors (Lipinski definition) is 33. The number of hydrogen-bond acceptors (Lipinski definition) is 30. The first-order valence-corrected chi connectivity index (χ1v) is 48.4. The number of phenols is 3. The van der Waals surface area contributed by atoms with Crippen molar-refractivity contribution in [1.82, 2.24) is 95.3 Å². The van der Waals surface area contributed by atoms with Gasteiger partial charge in [0, 0.05) is 69.0 Å². The van der Waals surface area contributed by atoms with Gasteiger partial charge in [-0.1, -0.05) is 97.1 Å². The normalized spacial score (nSPS) is 14.8. The van der Waals surface area contributed by atoms with Gasteiger partial charge < -0.3 is 155 Å². The highest BCUT2D eigenvalue weighted by Crippen LogP contribution is 2.23. The molecule has 6 rings (SSSR count). The molecular weight excluding hydrogens is 1980 g/mol. The Labute approximate surface area is 859 Å². The van der Waals surface area contributed by atoms with Gasteiger partial charge in [-0.15, -0.1) is 0 Å². The number of primary amides is 1. The Hall–Kier alpha value is -15.6. The number of phenolic OH excluding ortho intramolecular Hbond substituents is 3. The van der Waals surface area contributed by atoms with Crippen LogP contribution in [0.2, 0.25) is 0 Å². The SMILES string of the molecule is N=C(N)NCCC[C@H](NC(=O)[C@@H]1CCCN1C(=O)[C@H](CCCNC(=N)N)NC(=O)[C@H](CS)NC(=O)[C@H](Cc1ccccc1)NC(=O)[C@H](CCCCN)NC(=O)[C@H](CC(N)=O)NC(=O)[C@H](CS)NC(=O)CNC(=O)[C@H](Cc1ccccc1)NC(=O)CNC(=O)[C@H](Cc1ccc(O)cc1)NC(=O)[C@H](Cc1ccc(O)cc1)NC(=O)[C@H](Cc1ccc(O)cc1)NC(=O)[C@H](CC(=O)O)NC(=O)[C@H](CC(=O)O)NC(=O)[C@@H](N)CS)C(=O)O. The van der Waals surface area contributed by atoms with Crippen molar-refractivity contribution in [2.45, 2.75) is 200 Å². The van der Waals surface area contributed by atoms with Crippen LogP contribution in [0.15, 0.2) is 133 Å². The van der Waals surface area contributed by atoms with Crippen LogP contribution in [0.25, 0.3) is 0 Å². The van der Waals surface area contributed by atoms with E-state index in [4.69, 9.17) is 39.5 Å². The topological polar surface area (TPSA) is 848 Å². The molecule has 5 aromatic carbocycles. The average molecular weight is 2110 g/mol. The van der Waals surface area contributed by atoms with Crippen LogP contribution < -0.4 is 119 Å². The Bertz CT molecular complexity index is 5400. The van der Waals surface area contributed by atoms with Crippen molar-refractivity contribution in [1.29, 1.82) is 10.8 Å². The molecule has 1 fully saturated rings. The molecule has 1 aliphatic heterocycles.